The minimum absolute atomic E-state index is 0.348. The molecule has 5 nitrogen and oxygen atoms in total. The summed E-state index contributed by atoms with van der Waals surface area (Å²) in [5.74, 6) is -1.28. The van der Waals surface area contributed by atoms with Crippen LogP contribution in [0.4, 0.5) is 0 Å². The Kier molecular flexibility index (Phi) is 3.43. The van der Waals surface area contributed by atoms with Gasteiger partial charge in [-0.15, -0.1) is 0 Å². The largest absolute Gasteiger partial charge is 0.477 e. The first-order valence-electron chi connectivity index (χ1n) is 5.10. The minimum atomic E-state index is -1.28. The van der Waals surface area contributed by atoms with Gasteiger partial charge >= 0.3 is 5.97 Å². The van der Waals surface area contributed by atoms with Gasteiger partial charge in [0.05, 0.1) is 6.33 Å². The zero-order valence-electron chi connectivity index (χ0n) is 9.21. The maximum Gasteiger partial charge on any atom is 0.342 e. The van der Waals surface area contributed by atoms with Gasteiger partial charge in [0.1, 0.15) is 5.56 Å². The number of nitrogens with zero attached hydrogens (tertiary/aromatic N) is 2. The van der Waals surface area contributed by atoms with Gasteiger partial charge in [-0.2, -0.15) is 4.98 Å². The fraction of sp³-hybridized carbons (Fsp3) is 0.0833. The number of halogens is 1. The van der Waals surface area contributed by atoms with Crippen LogP contribution in [0.15, 0.2) is 41.6 Å². The summed E-state index contributed by atoms with van der Waals surface area (Å²) in [6, 6.07) is 7.16. The lowest BCUT2D eigenvalue weighted by atomic mass is 10.2. The van der Waals surface area contributed by atoms with Crippen molar-refractivity contribution in [3.05, 3.63) is 63.3 Å². The SMILES string of the molecule is O=C(O)c1cn(Cc2cccc(Cl)c2)cnc1=O. The predicted octanol–water partition coefficient (Wildman–Crippen LogP) is 1.64. The van der Waals surface area contributed by atoms with Crippen molar-refractivity contribution in [1.29, 1.82) is 0 Å². The average Bonchev–Trinajstić information content (AvgIpc) is 2.31. The molecule has 18 heavy (non-hydrogen) atoms. The third-order valence-corrected chi connectivity index (χ3v) is 2.57. The highest BCUT2D eigenvalue weighted by molar-refractivity contribution is 6.30. The van der Waals surface area contributed by atoms with Crippen LogP contribution >= 0.6 is 11.6 Å². The molecule has 0 aliphatic carbocycles. The molecular weight excluding hydrogens is 256 g/mol. The van der Waals surface area contributed by atoms with Crippen molar-refractivity contribution in [2.45, 2.75) is 6.54 Å². The highest BCUT2D eigenvalue weighted by Crippen LogP contribution is 2.11. The topological polar surface area (TPSA) is 72.2 Å². The number of hydrogen-bond acceptors (Lipinski definition) is 3. The molecule has 0 amide bonds. The fourth-order valence-electron chi connectivity index (χ4n) is 1.53. The lowest BCUT2D eigenvalue weighted by molar-refractivity contribution is 0.0694. The smallest absolute Gasteiger partial charge is 0.342 e. The first-order chi connectivity index (χ1) is 8.56. The van der Waals surface area contributed by atoms with Gasteiger partial charge in [-0.05, 0) is 17.7 Å². The number of carbonyl (C=O) groups is 1. The van der Waals surface area contributed by atoms with Crippen molar-refractivity contribution in [1.82, 2.24) is 9.55 Å². The first kappa shape index (κ1) is 12.3. The number of aromatic carboxylic acids is 1. The quantitative estimate of drug-likeness (QED) is 0.915. The number of aromatic nitrogens is 2. The molecular formula is C12H9ClN2O3. The predicted molar refractivity (Wildman–Crippen MR) is 66.0 cm³/mol. The van der Waals surface area contributed by atoms with E-state index in [0.717, 1.165) is 5.56 Å². The van der Waals surface area contributed by atoms with Crippen molar-refractivity contribution >= 4 is 17.6 Å². The van der Waals surface area contributed by atoms with Gasteiger partial charge in [0.2, 0.25) is 0 Å². The summed E-state index contributed by atoms with van der Waals surface area (Å²) in [7, 11) is 0. The zero-order chi connectivity index (χ0) is 13.1. The number of rotatable bonds is 3. The highest BCUT2D eigenvalue weighted by atomic mass is 35.5. The Bertz CT molecular complexity index is 652. The van der Waals surface area contributed by atoms with Crippen molar-refractivity contribution in [2.75, 3.05) is 0 Å². The van der Waals surface area contributed by atoms with Gasteiger partial charge in [0.25, 0.3) is 5.56 Å². The molecule has 1 aromatic heterocycles. The fourth-order valence-corrected chi connectivity index (χ4v) is 1.74. The standard InChI is InChI=1S/C12H9ClN2O3/c13-9-3-1-2-8(4-9)5-15-6-10(12(17)18)11(16)14-7-15/h1-4,6-7H,5H2,(H,17,18). The van der Waals surface area contributed by atoms with Crippen LogP contribution in [0.5, 0.6) is 0 Å². The number of carboxylic acids is 1. The van der Waals surface area contributed by atoms with E-state index in [9.17, 15) is 9.59 Å². The van der Waals surface area contributed by atoms with Gasteiger partial charge < -0.3 is 9.67 Å². The molecule has 0 atom stereocenters. The lowest BCUT2D eigenvalue weighted by Gasteiger charge is -2.06. The Labute approximate surface area is 107 Å². The zero-order valence-corrected chi connectivity index (χ0v) is 9.96. The van der Waals surface area contributed by atoms with Crippen LogP contribution in [0, 0.1) is 0 Å². The second-order valence-electron chi connectivity index (χ2n) is 3.70. The Balaban J connectivity index is 2.33. The molecule has 92 valence electrons. The van der Waals surface area contributed by atoms with Crippen LogP contribution in [0.25, 0.3) is 0 Å². The summed E-state index contributed by atoms with van der Waals surface area (Å²) >= 11 is 5.85. The Morgan fingerprint density at radius 3 is 2.89 bits per heavy atom. The molecule has 2 rings (SSSR count). The molecule has 0 fully saturated rings. The molecule has 6 heteroatoms. The Hall–Kier alpha value is -2.14. The van der Waals surface area contributed by atoms with E-state index in [1.165, 1.54) is 17.1 Å². The average molecular weight is 265 g/mol. The Morgan fingerprint density at radius 1 is 1.44 bits per heavy atom. The summed E-state index contributed by atoms with van der Waals surface area (Å²) in [5, 5.41) is 9.42. The second-order valence-corrected chi connectivity index (χ2v) is 4.14. The van der Waals surface area contributed by atoms with E-state index in [1.807, 2.05) is 6.07 Å². The summed E-state index contributed by atoms with van der Waals surface area (Å²) in [4.78, 5) is 25.5. The van der Waals surface area contributed by atoms with E-state index >= 15 is 0 Å². The molecule has 0 aliphatic heterocycles. The lowest BCUT2D eigenvalue weighted by Crippen LogP contribution is -2.20. The number of carboxylic acid groups (broad SMARTS) is 1. The highest BCUT2D eigenvalue weighted by Gasteiger charge is 2.09. The van der Waals surface area contributed by atoms with Gasteiger partial charge in [0, 0.05) is 17.8 Å². The maximum atomic E-state index is 11.2. The third kappa shape index (κ3) is 2.75. The van der Waals surface area contributed by atoms with Crippen molar-refractivity contribution in [3.63, 3.8) is 0 Å². The molecule has 0 saturated carbocycles. The van der Waals surface area contributed by atoms with E-state index in [1.54, 1.807) is 18.2 Å². The van der Waals surface area contributed by atoms with E-state index in [-0.39, 0.29) is 5.56 Å². The van der Waals surface area contributed by atoms with Gasteiger partial charge in [0.15, 0.2) is 0 Å². The van der Waals surface area contributed by atoms with Crippen LogP contribution < -0.4 is 5.56 Å². The van der Waals surface area contributed by atoms with E-state index in [2.05, 4.69) is 4.98 Å². The molecule has 2 aromatic rings. The Morgan fingerprint density at radius 2 is 2.22 bits per heavy atom. The number of hydrogen-bond donors (Lipinski definition) is 1. The summed E-state index contributed by atoms with van der Waals surface area (Å²) < 4.78 is 1.52. The molecule has 1 N–H and O–H groups in total. The maximum absolute atomic E-state index is 11.2. The molecule has 0 saturated heterocycles. The van der Waals surface area contributed by atoms with E-state index < -0.39 is 11.5 Å². The minimum Gasteiger partial charge on any atom is -0.477 e. The monoisotopic (exact) mass is 264 g/mol. The van der Waals surface area contributed by atoms with Crippen molar-refractivity contribution in [3.8, 4) is 0 Å². The van der Waals surface area contributed by atoms with Crippen LogP contribution in [-0.2, 0) is 6.54 Å². The molecule has 0 aliphatic rings. The molecule has 0 bridgehead atoms. The molecule has 1 heterocycles. The van der Waals surface area contributed by atoms with E-state index in [0.29, 0.717) is 11.6 Å². The summed E-state index contributed by atoms with van der Waals surface area (Å²) in [6.07, 6.45) is 2.56. The van der Waals surface area contributed by atoms with Crippen LogP contribution in [0.2, 0.25) is 5.02 Å². The second kappa shape index (κ2) is 5.01. The number of benzene rings is 1. The molecule has 1 aromatic carbocycles. The summed E-state index contributed by atoms with van der Waals surface area (Å²) in [5.41, 5.74) is -0.200. The van der Waals surface area contributed by atoms with Crippen LogP contribution in [-0.4, -0.2) is 20.6 Å². The molecule has 0 radical (unpaired) electrons. The van der Waals surface area contributed by atoms with Crippen molar-refractivity contribution < 1.29 is 9.90 Å². The first-order valence-corrected chi connectivity index (χ1v) is 5.48. The van der Waals surface area contributed by atoms with Crippen molar-refractivity contribution in [2.24, 2.45) is 0 Å². The third-order valence-electron chi connectivity index (χ3n) is 2.33. The normalized spacial score (nSPS) is 10.3. The van der Waals surface area contributed by atoms with Gasteiger partial charge in [-0.25, -0.2) is 4.79 Å². The van der Waals surface area contributed by atoms with Crippen LogP contribution in [0.1, 0.15) is 15.9 Å². The van der Waals surface area contributed by atoms with Crippen LogP contribution in [0.3, 0.4) is 0 Å². The molecule has 0 spiro atoms. The van der Waals surface area contributed by atoms with Gasteiger partial charge in [-0.1, -0.05) is 23.7 Å². The van der Waals surface area contributed by atoms with Gasteiger partial charge in [-0.3, -0.25) is 4.79 Å². The molecule has 0 unspecified atom stereocenters. The van der Waals surface area contributed by atoms with E-state index in [4.69, 9.17) is 16.7 Å². The summed E-state index contributed by atoms with van der Waals surface area (Å²) in [6.45, 7) is 0.397.